The predicted octanol–water partition coefficient (Wildman–Crippen LogP) is 3.74. The maximum Gasteiger partial charge on any atom is 0.160 e. The third kappa shape index (κ3) is 3.38. The highest BCUT2D eigenvalue weighted by Gasteiger charge is 2.18. The van der Waals surface area contributed by atoms with Gasteiger partial charge in [-0.3, -0.25) is 0 Å². The van der Waals surface area contributed by atoms with Gasteiger partial charge >= 0.3 is 0 Å². The molecule has 1 aromatic carbocycles. The fourth-order valence-corrected chi connectivity index (χ4v) is 2.41. The standard InChI is InChI=1S/C17H24N2O2/c1-5-6-15-17(20)16(11-12(2)3)19(18-15)13-7-9-14(21-4)10-8-13/h7-10,12,20H,5-6,11H2,1-4H3. The molecule has 0 bridgehead atoms. The molecule has 0 fully saturated rings. The normalized spacial score (nSPS) is 11.1. The van der Waals surface area contributed by atoms with E-state index >= 15 is 0 Å². The Morgan fingerprint density at radius 2 is 1.90 bits per heavy atom. The second-order valence-electron chi connectivity index (χ2n) is 5.70. The Morgan fingerprint density at radius 1 is 1.24 bits per heavy atom. The van der Waals surface area contributed by atoms with Gasteiger partial charge in [-0.05, 0) is 43.0 Å². The van der Waals surface area contributed by atoms with Gasteiger partial charge in [-0.25, -0.2) is 4.68 Å². The fraction of sp³-hybridized carbons (Fsp3) is 0.471. The van der Waals surface area contributed by atoms with Crippen LogP contribution in [0, 0.1) is 5.92 Å². The maximum absolute atomic E-state index is 10.4. The number of hydrogen-bond acceptors (Lipinski definition) is 3. The molecule has 0 aliphatic rings. The van der Waals surface area contributed by atoms with Crippen LogP contribution in [0.3, 0.4) is 0 Å². The van der Waals surface area contributed by atoms with E-state index in [0.717, 1.165) is 42.1 Å². The van der Waals surface area contributed by atoms with Crippen LogP contribution in [0.25, 0.3) is 5.69 Å². The van der Waals surface area contributed by atoms with Crippen LogP contribution in [0.2, 0.25) is 0 Å². The Kier molecular flexibility index (Phi) is 4.89. The molecule has 4 nitrogen and oxygen atoms in total. The number of benzene rings is 1. The molecule has 114 valence electrons. The van der Waals surface area contributed by atoms with Crippen LogP contribution in [0.5, 0.6) is 11.5 Å². The lowest BCUT2D eigenvalue weighted by Gasteiger charge is -2.10. The van der Waals surface area contributed by atoms with Crippen LogP contribution >= 0.6 is 0 Å². The van der Waals surface area contributed by atoms with E-state index in [1.54, 1.807) is 7.11 Å². The number of methoxy groups -OCH3 is 1. The van der Waals surface area contributed by atoms with Gasteiger partial charge in [0.1, 0.15) is 11.4 Å². The lowest BCUT2D eigenvalue weighted by Crippen LogP contribution is -2.05. The first-order chi connectivity index (χ1) is 10.1. The Hall–Kier alpha value is -1.97. The van der Waals surface area contributed by atoms with E-state index < -0.39 is 0 Å². The van der Waals surface area contributed by atoms with Crippen molar-refractivity contribution < 1.29 is 9.84 Å². The molecule has 1 aromatic heterocycles. The summed E-state index contributed by atoms with van der Waals surface area (Å²) < 4.78 is 7.05. The van der Waals surface area contributed by atoms with Gasteiger partial charge in [0.05, 0.1) is 18.5 Å². The Labute approximate surface area is 126 Å². The van der Waals surface area contributed by atoms with E-state index in [0.29, 0.717) is 11.7 Å². The monoisotopic (exact) mass is 288 g/mol. The van der Waals surface area contributed by atoms with Gasteiger partial charge in [-0.15, -0.1) is 0 Å². The molecule has 0 radical (unpaired) electrons. The van der Waals surface area contributed by atoms with Crippen LogP contribution in [0.4, 0.5) is 0 Å². The molecule has 4 heteroatoms. The zero-order valence-corrected chi connectivity index (χ0v) is 13.3. The molecule has 1 heterocycles. The molecular formula is C17H24N2O2. The van der Waals surface area contributed by atoms with Crippen molar-refractivity contribution in [1.29, 1.82) is 0 Å². The Bertz CT molecular complexity index is 586. The van der Waals surface area contributed by atoms with Gasteiger partial charge in [0.2, 0.25) is 0 Å². The van der Waals surface area contributed by atoms with Crippen molar-refractivity contribution in [2.45, 2.75) is 40.0 Å². The zero-order valence-electron chi connectivity index (χ0n) is 13.3. The van der Waals surface area contributed by atoms with Gasteiger partial charge in [0, 0.05) is 0 Å². The van der Waals surface area contributed by atoms with Gasteiger partial charge in [0.15, 0.2) is 5.75 Å². The Balaban J connectivity index is 2.46. The van der Waals surface area contributed by atoms with Gasteiger partial charge in [-0.1, -0.05) is 27.2 Å². The Morgan fingerprint density at radius 3 is 2.43 bits per heavy atom. The molecule has 2 aromatic rings. The van der Waals surface area contributed by atoms with Crippen LogP contribution in [0.1, 0.15) is 38.6 Å². The number of rotatable bonds is 6. The van der Waals surface area contributed by atoms with Crippen molar-refractivity contribution in [2.24, 2.45) is 5.92 Å². The average molecular weight is 288 g/mol. The predicted molar refractivity (Wildman–Crippen MR) is 84.3 cm³/mol. The smallest absolute Gasteiger partial charge is 0.160 e. The minimum absolute atomic E-state index is 0.348. The molecule has 0 spiro atoms. The van der Waals surface area contributed by atoms with E-state index in [1.807, 2.05) is 28.9 Å². The van der Waals surface area contributed by atoms with Crippen molar-refractivity contribution in [3.63, 3.8) is 0 Å². The summed E-state index contributed by atoms with van der Waals surface area (Å²) in [7, 11) is 1.65. The minimum Gasteiger partial charge on any atom is -0.504 e. The quantitative estimate of drug-likeness (QED) is 0.881. The number of ether oxygens (including phenoxy) is 1. The first kappa shape index (κ1) is 15.4. The molecule has 0 amide bonds. The molecule has 21 heavy (non-hydrogen) atoms. The van der Waals surface area contributed by atoms with Crippen LogP contribution in [-0.4, -0.2) is 22.0 Å². The van der Waals surface area contributed by atoms with Crippen molar-refractivity contribution in [1.82, 2.24) is 9.78 Å². The van der Waals surface area contributed by atoms with Crippen molar-refractivity contribution in [3.05, 3.63) is 35.7 Å². The third-order valence-corrected chi connectivity index (χ3v) is 3.43. The van der Waals surface area contributed by atoms with Crippen LogP contribution in [0.15, 0.2) is 24.3 Å². The highest BCUT2D eigenvalue weighted by molar-refractivity contribution is 5.43. The molecule has 0 aliphatic heterocycles. The van der Waals surface area contributed by atoms with E-state index in [1.165, 1.54) is 0 Å². The van der Waals surface area contributed by atoms with E-state index in [2.05, 4.69) is 25.9 Å². The summed E-state index contributed by atoms with van der Waals surface area (Å²) in [5.74, 6) is 1.62. The summed E-state index contributed by atoms with van der Waals surface area (Å²) in [5.41, 5.74) is 2.62. The molecule has 0 atom stereocenters. The van der Waals surface area contributed by atoms with Crippen LogP contribution < -0.4 is 4.74 Å². The molecule has 0 saturated carbocycles. The third-order valence-electron chi connectivity index (χ3n) is 3.43. The lowest BCUT2D eigenvalue weighted by atomic mass is 10.1. The van der Waals surface area contributed by atoms with E-state index in [9.17, 15) is 5.11 Å². The summed E-state index contributed by atoms with van der Waals surface area (Å²) in [6.07, 6.45) is 2.56. The fourth-order valence-electron chi connectivity index (χ4n) is 2.41. The molecule has 0 saturated heterocycles. The first-order valence-electron chi connectivity index (χ1n) is 7.51. The van der Waals surface area contributed by atoms with Gasteiger partial charge < -0.3 is 9.84 Å². The SMILES string of the molecule is CCCc1nn(-c2ccc(OC)cc2)c(CC(C)C)c1O. The maximum atomic E-state index is 10.4. The summed E-state index contributed by atoms with van der Waals surface area (Å²) in [6.45, 7) is 6.38. The molecule has 0 aliphatic carbocycles. The summed E-state index contributed by atoms with van der Waals surface area (Å²) >= 11 is 0. The number of hydrogen-bond donors (Lipinski definition) is 1. The number of aromatic nitrogens is 2. The van der Waals surface area contributed by atoms with Crippen molar-refractivity contribution in [2.75, 3.05) is 7.11 Å². The summed E-state index contributed by atoms with van der Waals surface area (Å²) in [6, 6.07) is 7.75. The highest BCUT2D eigenvalue weighted by atomic mass is 16.5. The highest BCUT2D eigenvalue weighted by Crippen LogP contribution is 2.29. The zero-order chi connectivity index (χ0) is 15.4. The molecule has 1 N–H and O–H groups in total. The van der Waals surface area contributed by atoms with Gasteiger partial charge in [0.25, 0.3) is 0 Å². The molecule has 0 unspecified atom stereocenters. The number of aryl methyl sites for hydroxylation is 1. The second kappa shape index (κ2) is 6.66. The largest absolute Gasteiger partial charge is 0.504 e. The molecule has 2 rings (SSSR count). The van der Waals surface area contributed by atoms with E-state index in [4.69, 9.17) is 4.74 Å². The van der Waals surface area contributed by atoms with Crippen LogP contribution in [-0.2, 0) is 12.8 Å². The first-order valence-corrected chi connectivity index (χ1v) is 7.51. The number of nitrogens with zero attached hydrogens (tertiary/aromatic N) is 2. The van der Waals surface area contributed by atoms with Crippen molar-refractivity contribution in [3.8, 4) is 17.2 Å². The van der Waals surface area contributed by atoms with Gasteiger partial charge in [-0.2, -0.15) is 5.10 Å². The van der Waals surface area contributed by atoms with E-state index in [-0.39, 0.29) is 0 Å². The number of aromatic hydroxyl groups is 1. The minimum atomic E-state index is 0.348. The topological polar surface area (TPSA) is 47.3 Å². The molecular weight excluding hydrogens is 264 g/mol. The summed E-state index contributed by atoms with van der Waals surface area (Å²) in [5, 5.41) is 15.0. The van der Waals surface area contributed by atoms with Crippen molar-refractivity contribution >= 4 is 0 Å². The second-order valence-corrected chi connectivity index (χ2v) is 5.70. The lowest BCUT2D eigenvalue weighted by molar-refractivity contribution is 0.414. The average Bonchev–Trinajstić information content (AvgIpc) is 2.77. The summed E-state index contributed by atoms with van der Waals surface area (Å²) in [4.78, 5) is 0.